The molecule has 0 spiro atoms. The molecule has 5 heteroatoms. The minimum Gasteiger partial charge on any atom is -0.369 e. The van der Waals surface area contributed by atoms with Crippen LogP contribution in [0.15, 0.2) is 24.3 Å². The van der Waals surface area contributed by atoms with Crippen LogP contribution < -0.4 is 10.2 Å². The molecule has 0 bridgehead atoms. The monoisotopic (exact) mass is 331 g/mol. The number of hydrogen-bond donors (Lipinski definition) is 1. The Balaban J connectivity index is 2.05. The lowest BCUT2D eigenvalue weighted by Gasteiger charge is -2.33. The third-order valence-electron chi connectivity index (χ3n) is 4.53. The predicted molar refractivity (Wildman–Crippen MR) is 97.3 cm³/mol. The number of piperidine rings is 1. The Bertz CT molecular complexity index is 568. The molecule has 1 heterocycles. The van der Waals surface area contributed by atoms with Gasteiger partial charge in [0, 0.05) is 49.9 Å². The molecule has 1 atom stereocenters. The normalized spacial score (nSPS) is 17.7. The molecule has 1 N–H and O–H groups in total. The number of nitrogens with zero attached hydrogens (tertiary/aromatic N) is 2. The van der Waals surface area contributed by atoms with Gasteiger partial charge in [-0.1, -0.05) is 0 Å². The molecule has 0 aromatic heterocycles. The summed E-state index contributed by atoms with van der Waals surface area (Å²) >= 11 is 0. The number of amides is 2. The molecule has 1 aliphatic rings. The molecular formula is C19H29N3O2. The van der Waals surface area contributed by atoms with Crippen molar-refractivity contribution in [1.29, 1.82) is 0 Å². The number of carbonyl (C=O) groups excluding carboxylic acids is 2. The highest BCUT2D eigenvalue weighted by Crippen LogP contribution is 2.20. The van der Waals surface area contributed by atoms with E-state index in [9.17, 15) is 9.59 Å². The molecule has 0 aliphatic carbocycles. The van der Waals surface area contributed by atoms with Crippen molar-refractivity contribution < 1.29 is 9.59 Å². The third-order valence-corrected chi connectivity index (χ3v) is 4.53. The van der Waals surface area contributed by atoms with Crippen molar-refractivity contribution in [2.24, 2.45) is 0 Å². The van der Waals surface area contributed by atoms with Gasteiger partial charge in [-0.25, -0.2) is 0 Å². The van der Waals surface area contributed by atoms with E-state index in [0.717, 1.165) is 31.6 Å². The summed E-state index contributed by atoms with van der Waals surface area (Å²) in [6.07, 6.45) is 1.86. The first-order valence-corrected chi connectivity index (χ1v) is 8.85. The molecule has 2 amide bonds. The Morgan fingerprint density at radius 2 is 1.96 bits per heavy atom. The molecule has 5 nitrogen and oxygen atoms in total. The van der Waals surface area contributed by atoms with Gasteiger partial charge in [0.15, 0.2) is 0 Å². The summed E-state index contributed by atoms with van der Waals surface area (Å²) in [4.78, 5) is 28.1. The topological polar surface area (TPSA) is 52.7 Å². The van der Waals surface area contributed by atoms with E-state index >= 15 is 0 Å². The van der Waals surface area contributed by atoms with E-state index in [1.165, 1.54) is 6.92 Å². The van der Waals surface area contributed by atoms with Crippen molar-refractivity contribution in [3.05, 3.63) is 29.8 Å². The zero-order valence-electron chi connectivity index (χ0n) is 15.2. The van der Waals surface area contributed by atoms with Crippen LogP contribution in [0.1, 0.15) is 50.9 Å². The van der Waals surface area contributed by atoms with Crippen LogP contribution >= 0.6 is 0 Å². The standard InChI is InChI=1S/C19H29N3O2/c1-5-22(14(2)3)18-10-8-16(9-11-18)19(24)21-12-6-7-17(13-21)20-15(4)23/h8-11,14,17H,5-7,12-13H2,1-4H3,(H,20,23). The van der Waals surface area contributed by atoms with Crippen molar-refractivity contribution in [1.82, 2.24) is 10.2 Å². The second-order valence-corrected chi connectivity index (χ2v) is 6.72. The largest absolute Gasteiger partial charge is 0.369 e. The third kappa shape index (κ3) is 4.49. The molecule has 0 saturated carbocycles. The summed E-state index contributed by atoms with van der Waals surface area (Å²) in [6, 6.07) is 8.35. The molecule has 24 heavy (non-hydrogen) atoms. The molecule has 1 saturated heterocycles. The summed E-state index contributed by atoms with van der Waals surface area (Å²) in [6.45, 7) is 10.3. The fraction of sp³-hybridized carbons (Fsp3) is 0.579. The first-order valence-electron chi connectivity index (χ1n) is 8.85. The van der Waals surface area contributed by atoms with Crippen molar-refractivity contribution >= 4 is 17.5 Å². The number of anilines is 1. The van der Waals surface area contributed by atoms with Crippen LogP contribution in [0.2, 0.25) is 0 Å². The smallest absolute Gasteiger partial charge is 0.253 e. The van der Waals surface area contributed by atoms with Gasteiger partial charge in [0.25, 0.3) is 5.91 Å². The Labute approximate surface area is 145 Å². The lowest BCUT2D eigenvalue weighted by Crippen LogP contribution is -2.49. The van der Waals surface area contributed by atoms with E-state index in [1.807, 2.05) is 29.2 Å². The summed E-state index contributed by atoms with van der Waals surface area (Å²) in [5.41, 5.74) is 1.85. The number of rotatable bonds is 5. The summed E-state index contributed by atoms with van der Waals surface area (Å²) in [5.74, 6) is 0.0104. The van der Waals surface area contributed by atoms with Crippen LogP contribution in [0.25, 0.3) is 0 Å². The van der Waals surface area contributed by atoms with Crippen molar-refractivity contribution in [2.45, 2.75) is 52.6 Å². The highest BCUT2D eigenvalue weighted by molar-refractivity contribution is 5.94. The van der Waals surface area contributed by atoms with Gasteiger partial charge in [0.1, 0.15) is 0 Å². The van der Waals surface area contributed by atoms with Gasteiger partial charge in [-0.15, -0.1) is 0 Å². The lowest BCUT2D eigenvalue weighted by molar-refractivity contribution is -0.120. The maximum absolute atomic E-state index is 12.7. The average Bonchev–Trinajstić information content (AvgIpc) is 2.55. The molecule has 1 aliphatic heterocycles. The number of likely N-dealkylation sites (tertiary alicyclic amines) is 1. The molecule has 2 rings (SSSR count). The highest BCUT2D eigenvalue weighted by atomic mass is 16.2. The van der Waals surface area contributed by atoms with Crippen LogP contribution in [-0.2, 0) is 4.79 Å². The fourth-order valence-electron chi connectivity index (χ4n) is 3.39. The Morgan fingerprint density at radius 3 is 2.50 bits per heavy atom. The summed E-state index contributed by atoms with van der Waals surface area (Å²) < 4.78 is 0. The van der Waals surface area contributed by atoms with E-state index < -0.39 is 0 Å². The van der Waals surface area contributed by atoms with E-state index in [1.54, 1.807) is 0 Å². The van der Waals surface area contributed by atoms with Gasteiger partial charge >= 0.3 is 0 Å². The molecule has 0 radical (unpaired) electrons. The molecule has 1 aromatic rings. The zero-order valence-corrected chi connectivity index (χ0v) is 15.2. The molecular weight excluding hydrogens is 302 g/mol. The van der Waals surface area contributed by atoms with Crippen LogP contribution in [0, 0.1) is 0 Å². The van der Waals surface area contributed by atoms with E-state index in [-0.39, 0.29) is 17.9 Å². The van der Waals surface area contributed by atoms with Gasteiger partial charge in [0.2, 0.25) is 5.91 Å². The second-order valence-electron chi connectivity index (χ2n) is 6.72. The Morgan fingerprint density at radius 1 is 1.29 bits per heavy atom. The second kappa shape index (κ2) is 8.18. The molecule has 1 unspecified atom stereocenters. The Hall–Kier alpha value is -2.04. The Kier molecular flexibility index (Phi) is 6.23. The predicted octanol–water partition coefficient (Wildman–Crippen LogP) is 2.66. The summed E-state index contributed by atoms with van der Waals surface area (Å²) in [7, 11) is 0. The van der Waals surface area contributed by atoms with Gasteiger partial charge in [0.05, 0.1) is 0 Å². The zero-order chi connectivity index (χ0) is 17.7. The van der Waals surface area contributed by atoms with Gasteiger partial charge in [-0.2, -0.15) is 0 Å². The van der Waals surface area contributed by atoms with Crippen LogP contribution in [0.3, 0.4) is 0 Å². The number of carbonyl (C=O) groups is 2. The van der Waals surface area contributed by atoms with E-state index in [4.69, 9.17) is 0 Å². The van der Waals surface area contributed by atoms with Crippen LogP contribution in [0.4, 0.5) is 5.69 Å². The molecule has 1 aromatic carbocycles. The minimum absolute atomic E-state index is 0.0352. The first kappa shape index (κ1) is 18.3. The van der Waals surface area contributed by atoms with E-state index in [0.29, 0.717) is 18.2 Å². The molecule has 132 valence electrons. The van der Waals surface area contributed by atoms with Crippen LogP contribution in [-0.4, -0.2) is 48.4 Å². The quantitative estimate of drug-likeness (QED) is 0.902. The van der Waals surface area contributed by atoms with Gasteiger partial charge in [-0.3, -0.25) is 9.59 Å². The van der Waals surface area contributed by atoms with Crippen molar-refractivity contribution in [3.8, 4) is 0 Å². The van der Waals surface area contributed by atoms with Crippen LogP contribution in [0.5, 0.6) is 0 Å². The van der Waals surface area contributed by atoms with Gasteiger partial charge < -0.3 is 15.1 Å². The number of hydrogen-bond acceptors (Lipinski definition) is 3. The molecule has 1 fully saturated rings. The lowest BCUT2D eigenvalue weighted by atomic mass is 10.0. The van der Waals surface area contributed by atoms with E-state index in [2.05, 4.69) is 31.0 Å². The maximum Gasteiger partial charge on any atom is 0.253 e. The summed E-state index contributed by atoms with van der Waals surface area (Å²) in [5, 5.41) is 2.92. The van der Waals surface area contributed by atoms with Crippen molar-refractivity contribution in [2.75, 3.05) is 24.5 Å². The van der Waals surface area contributed by atoms with Crippen molar-refractivity contribution in [3.63, 3.8) is 0 Å². The first-order chi connectivity index (χ1) is 11.4. The maximum atomic E-state index is 12.7. The highest BCUT2D eigenvalue weighted by Gasteiger charge is 2.25. The average molecular weight is 331 g/mol. The number of nitrogens with one attached hydrogen (secondary N) is 1. The minimum atomic E-state index is -0.0352. The fourth-order valence-corrected chi connectivity index (χ4v) is 3.39. The SMILES string of the molecule is CCN(c1ccc(C(=O)N2CCCC(NC(C)=O)C2)cc1)C(C)C. The number of benzene rings is 1. The van der Waals surface area contributed by atoms with Gasteiger partial charge in [-0.05, 0) is 57.9 Å².